The zero-order valence-corrected chi connectivity index (χ0v) is 18.8. The minimum absolute atomic E-state index is 0.0457. The molecule has 160 valence electrons. The summed E-state index contributed by atoms with van der Waals surface area (Å²) in [5, 5.41) is 11.0. The van der Waals surface area contributed by atoms with Gasteiger partial charge in [-0.15, -0.1) is 6.58 Å². The number of aliphatic hydroxyl groups is 1. The highest BCUT2D eigenvalue weighted by molar-refractivity contribution is 5.44. The van der Waals surface area contributed by atoms with E-state index in [9.17, 15) is 5.11 Å². The van der Waals surface area contributed by atoms with Gasteiger partial charge in [0.15, 0.2) is 0 Å². The van der Waals surface area contributed by atoms with Crippen LogP contribution in [0.3, 0.4) is 0 Å². The second-order valence-electron chi connectivity index (χ2n) is 10.3. The van der Waals surface area contributed by atoms with Crippen LogP contribution < -0.4 is 4.74 Å². The second kappa shape index (κ2) is 8.10. The first-order valence-electron chi connectivity index (χ1n) is 12.0. The molecule has 0 aromatic heterocycles. The Hall–Kier alpha value is -1.28. The van der Waals surface area contributed by atoms with Crippen LogP contribution in [0.4, 0.5) is 0 Å². The molecule has 1 N–H and O–H groups in total. The summed E-state index contributed by atoms with van der Waals surface area (Å²) >= 11 is 0. The number of fused-ring (bicyclic) bond motifs is 5. The van der Waals surface area contributed by atoms with Crippen LogP contribution in [0.2, 0.25) is 0 Å². The summed E-state index contributed by atoms with van der Waals surface area (Å²) in [4.78, 5) is 0. The van der Waals surface area contributed by atoms with Crippen LogP contribution in [0, 0.1) is 22.7 Å². The molecule has 2 fully saturated rings. The lowest BCUT2D eigenvalue weighted by molar-refractivity contribution is -0.0812. The van der Waals surface area contributed by atoms with Crippen molar-refractivity contribution in [3.05, 3.63) is 42.0 Å². The molecule has 0 aliphatic heterocycles. The molecule has 1 aromatic rings. The van der Waals surface area contributed by atoms with Crippen molar-refractivity contribution in [3.8, 4) is 5.75 Å². The Bertz CT molecular complexity index is 740. The lowest BCUT2D eigenvalue weighted by Crippen LogP contribution is -2.54. The fourth-order valence-corrected chi connectivity index (χ4v) is 7.64. The first kappa shape index (κ1) is 21.0. The Morgan fingerprint density at radius 3 is 2.79 bits per heavy atom. The van der Waals surface area contributed by atoms with E-state index in [1.54, 1.807) is 12.7 Å². The minimum Gasteiger partial charge on any atom is -0.497 e. The zero-order chi connectivity index (χ0) is 20.6. The van der Waals surface area contributed by atoms with E-state index in [4.69, 9.17) is 4.74 Å². The number of benzene rings is 1. The molecule has 0 bridgehead atoms. The van der Waals surface area contributed by atoms with E-state index in [2.05, 4.69) is 44.7 Å². The Labute approximate surface area is 177 Å². The van der Waals surface area contributed by atoms with Gasteiger partial charge >= 0.3 is 0 Å². The van der Waals surface area contributed by atoms with Crippen LogP contribution in [0.25, 0.3) is 0 Å². The number of hydrogen-bond donors (Lipinski definition) is 1. The van der Waals surface area contributed by atoms with Crippen molar-refractivity contribution in [2.24, 2.45) is 22.7 Å². The molecule has 0 unspecified atom stereocenters. The Kier molecular flexibility index (Phi) is 5.86. The number of aliphatic hydroxyl groups excluding tert-OH is 1. The molecule has 2 saturated carbocycles. The standard InChI is InChI=1S/C27H40O2/c1-5-7-8-9-10-20-18-26(3)23(13-14-24(26)28)27(6-2)16-15-19-17-21(29-4)11-12-22(19)25(20)27/h6,11-12,17,20,23-25,28H,2,5,7-10,13-16,18H2,1,3-4H3/t20-,23+,24-,25+,26-,27-/m0/s1. The van der Waals surface area contributed by atoms with Crippen molar-refractivity contribution >= 4 is 0 Å². The maximum atomic E-state index is 11.0. The molecule has 1 aromatic carbocycles. The predicted molar refractivity (Wildman–Crippen MR) is 120 cm³/mol. The largest absolute Gasteiger partial charge is 0.497 e. The topological polar surface area (TPSA) is 29.5 Å². The molecule has 0 spiro atoms. The second-order valence-corrected chi connectivity index (χ2v) is 10.3. The van der Waals surface area contributed by atoms with Gasteiger partial charge in [0, 0.05) is 0 Å². The van der Waals surface area contributed by atoms with Gasteiger partial charge in [-0.3, -0.25) is 0 Å². The van der Waals surface area contributed by atoms with Gasteiger partial charge in [-0.05, 0) is 90.4 Å². The number of ether oxygens (including phenoxy) is 1. The van der Waals surface area contributed by atoms with Gasteiger partial charge in [-0.25, -0.2) is 0 Å². The molecule has 2 nitrogen and oxygen atoms in total. The lowest BCUT2D eigenvalue weighted by atomic mass is 9.44. The average molecular weight is 397 g/mol. The number of unbranched alkanes of at least 4 members (excludes halogenated alkanes) is 3. The van der Waals surface area contributed by atoms with Gasteiger partial charge in [0.05, 0.1) is 13.2 Å². The molecule has 4 rings (SSSR count). The van der Waals surface area contributed by atoms with Crippen molar-refractivity contribution in [2.45, 2.75) is 90.1 Å². The Morgan fingerprint density at radius 1 is 1.24 bits per heavy atom. The fourth-order valence-electron chi connectivity index (χ4n) is 7.64. The van der Waals surface area contributed by atoms with Crippen LogP contribution >= 0.6 is 0 Å². The van der Waals surface area contributed by atoms with Crippen molar-refractivity contribution in [2.75, 3.05) is 7.11 Å². The van der Waals surface area contributed by atoms with Crippen LogP contribution in [-0.4, -0.2) is 18.3 Å². The highest BCUT2D eigenvalue weighted by Crippen LogP contribution is 2.69. The highest BCUT2D eigenvalue weighted by Gasteiger charge is 2.63. The zero-order valence-electron chi connectivity index (χ0n) is 18.8. The smallest absolute Gasteiger partial charge is 0.119 e. The van der Waals surface area contributed by atoms with Crippen molar-refractivity contribution < 1.29 is 9.84 Å². The van der Waals surface area contributed by atoms with E-state index in [1.165, 1.54) is 44.1 Å². The number of allylic oxidation sites excluding steroid dienone is 1. The fraction of sp³-hybridized carbons (Fsp3) is 0.704. The summed E-state index contributed by atoms with van der Waals surface area (Å²) in [5.74, 6) is 2.70. The van der Waals surface area contributed by atoms with Gasteiger partial charge in [0.2, 0.25) is 0 Å². The molecule has 3 aliphatic carbocycles. The van der Waals surface area contributed by atoms with Gasteiger partial charge in [-0.1, -0.05) is 51.7 Å². The van der Waals surface area contributed by atoms with E-state index >= 15 is 0 Å². The summed E-state index contributed by atoms with van der Waals surface area (Å²) in [6, 6.07) is 6.78. The Balaban J connectivity index is 1.76. The minimum atomic E-state index is -0.152. The van der Waals surface area contributed by atoms with E-state index in [1.807, 2.05) is 0 Å². The normalized spacial score (nSPS) is 38.1. The van der Waals surface area contributed by atoms with Crippen LogP contribution in [-0.2, 0) is 6.42 Å². The molecule has 0 saturated heterocycles. The number of aryl methyl sites for hydroxylation is 1. The SMILES string of the molecule is C=C[C@@]12CCc3cc(OC)ccc3[C@H]1[C@@H](CCCCCC)C[C@@]1(C)[C@H]2CC[C@@H]1O. The van der Waals surface area contributed by atoms with Gasteiger partial charge < -0.3 is 9.84 Å². The third-order valence-electron chi connectivity index (χ3n) is 9.01. The lowest BCUT2D eigenvalue weighted by Gasteiger charge is -2.60. The summed E-state index contributed by atoms with van der Waals surface area (Å²) in [6.45, 7) is 9.10. The number of hydrogen-bond acceptors (Lipinski definition) is 2. The summed E-state index contributed by atoms with van der Waals surface area (Å²) in [7, 11) is 1.76. The highest BCUT2D eigenvalue weighted by atomic mass is 16.5. The molecular formula is C27H40O2. The average Bonchev–Trinajstić information content (AvgIpc) is 3.04. The quantitative estimate of drug-likeness (QED) is 0.412. The van der Waals surface area contributed by atoms with Crippen LogP contribution in [0.5, 0.6) is 5.75 Å². The van der Waals surface area contributed by atoms with Crippen molar-refractivity contribution in [3.63, 3.8) is 0 Å². The molecule has 29 heavy (non-hydrogen) atoms. The van der Waals surface area contributed by atoms with E-state index < -0.39 is 0 Å². The maximum absolute atomic E-state index is 11.0. The molecular weight excluding hydrogens is 356 g/mol. The third-order valence-corrected chi connectivity index (χ3v) is 9.01. The predicted octanol–water partition coefficient (Wildman–Crippen LogP) is 6.66. The third kappa shape index (κ3) is 3.26. The van der Waals surface area contributed by atoms with E-state index in [0.717, 1.165) is 31.4 Å². The van der Waals surface area contributed by atoms with Gasteiger partial charge in [0.1, 0.15) is 5.75 Å². The van der Waals surface area contributed by atoms with Crippen LogP contribution in [0.15, 0.2) is 30.9 Å². The first-order chi connectivity index (χ1) is 14.0. The van der Waals surface area contributed by atoms with E-state index in [-0.39, 0.29) is 16.9 Å². The van der Waals surface area contributed by atoms with Gasteiger partial charge in [-0.2, -0.15) is 0 Å². The molecule has 6 atom stereocenters. The molecule has 3 aliphatic rings. The summed E-state index contributed by atoms with van der Waals surface area (Å²) < 4.78 is 5.53. The maximum Gasteiger partial charge on any atom is 0.119 e. The number of methoxy groups -OCH3 is 1. The van der Waals surface area contributed by atoms with E-state index in [0.29, 0.717) is 17.8 Å². The van der Waals surface area contributed by atoms with Gasteiger partial charge in [0.25, 0.3) is 0 Å². The Morgan fingerprint density at radius 2 is 2.07 bits per heavy atom. The molecule has 0 heterocycles. The van der Waals surface area contributed by atoms with Crippen molar-refractivity contribution in [1.82, 2.24) is 0 Å². The first-order valence-corrected chi connectivity index (χ1v) is 12.0. The van der Waals surface area contributed by atoms with Crippen LogP contribution in [0.1, 0.15) is 88.7 Å². The number of rotatable bonds is 7. The molecule has 0 amide bonds. The molecule has 2 heteroatoms. The monoisotopic (exact) mass is 396 g/mol. The van der Waals surface area contributed by atoms with Crippen molar-refractivity contribution in [1.29, 1.82) is 0 Å². The summed E-state index contributed by atoms with van der Waals surface area (Å²) in [5.41, 5.74) is 3.19. The molecule has 0 radical (unpaired) electrons. The summed E-state index contributed by atoms with van der Waals surface area (Å²) in [6.07, 6.45) is 14.2.